The molecule has 0 amide bonds. The van der Waals surface area contributed by atoms with Crippen LogP contribution in [-0.4, -0.2) is 75.6 Å². The Balaban J connectivity index is 1.79. The topological polar surface area (TPSA) is 112 Å². The minimum absolute atomic E-state index is 0.0564. The van der Waals surface area contributed by atoms with Crippen LogP contribution in [0.25, 0.3) is 0 Å². The van der Waals surface area contributed by atoms with Gasteiger partial charge in [-0.05, 0) is 12.8 Å². The van der Waals surface area contributed by atoms with Gasteiger partial charge in [-0.15, -0.1) is 0 Å². The van der Waals surface area contributed by atoms with E-state index < -0.39 is 46.0 Å². The standard InChI is InChI=1S/C14H21F3O8S/c15-14(16,17)13(10-1-2-10,9-26(19,20)21)25-12(18)3-4-22-5-6-23-7-11-8-24-11/h10-11H,1-9H2,(H,19,20,21). The van der Waals surface area contributed by atoms with Gasteiger partial charge in [0.15, 0.2) is 0 Å². The van der Waals surface area contributed by atoms with E-state index in [4.69, 9.17) is 18.8 Å². The Morgan fingerprint density at radius 1 is 1.15 bits per heavy atom. The number of rotatable bonds is 12. The zero-order chi connectivity index (χ0) is 19.4. The maximum atomic E-state index is 13.4. The summed E-state index contributed by atoms with van der Waals surface area (Å²) in [6.45, 7) is 1.26. The lowest BCUT2D eigenvalue weighted by molar-refractivity contribution is -0.270. The zero-order valence-electron chi connectivity index (χ0n) is 13.9. The van der Waals surface area contributed by atoms with Crippen LogP contribution in [0.2, 0.25) is 0 Å². The van der Waals surface area contributed by atoms with Crippen molar-refractivity contribution in [3.8, 4) is 0 Å². The molecule has 26 heavy (non-hydrogen) atoms. The van der Waals surface area contributed by atoms with Gasteiger partial charge in [0.1, 0.15) is 11.9 Å². The van der Waals surface area contributed by atoms with Gasteiger partial charge in [-0.2, -0.15) is 21.6 Å². The maximum Gasteiger partial charge on any atom is 0.429 e. The fraction of sp³-hybridized carbons (Fsp3) is 0.929. The van der Waals surface area contributed by atoms with E-state index in [0.717, 1.165) is 0 Å². The zero-order valence-corrected chi connectivity index (χ0v) is 14.7. The Bertz CT molecular complexity index is 585. The quantitative estimate of drug-likeness (QED) is 0.221. The molecule has 0 aromatic heterocycles. The molecule has 2 unspecified atom stereocenters. The monoisotopic (exact) mass is 406 g/mol. The molecule has 1 heterocycles. The lowest BCUT2D eigenvalue weighted by Crippen LogP contribution is -2.55. The first-order valence-electron chi connectivity index (χ1n) is 8.04. The van der Waals surface area contributed by atoms with Gasteiger partial charge in [0, 0.05) is 5.92 Å². The van der Waals surface area contributed by atoms with Gasteiger partial charge in [-0.1, -0.05) is 0 Å². The number of epoxide rings is 1. The maximum absolute atomic E-state index is 13.4. The van der Waals surface area contributed by atoms with Gasteiger partial charge in [0.2, 0.25) is 5.60 Å². The second-order valence-corrected chi connectivity index (χ2v) is 7.71. The van der Waals surface area contributed by atoms with Crippen molar-refractivity contribution in [1.82, 2.24) is 0 Å². The lowest BCUT2D eigenvalue weighted by Gasteiger charge is -2.34. The van der Waals surface area contributed by atoms with Crippen molar-refractivity contribution in [2.45, 2.75) is 37.1 Å². The molecule has 0 aromatic rings. The molecule has 0 radical (unpaired) electrons. The average Bonchev–Trinajstić information content (AvgIpc) is 3.34. The number of esters is 1. The van der Waals surface area contributed by atoms with Gasteiger partial charge in [-0.25, -0.2) is 0 Å². The number of hydrogen-bond acceptors (Lipinski definition) is 7. The highest BCUT2D eigenvalue weighted by Gasteiger charge is 2.67. The smallest absolute Gasteiger partial charge is 0.429 e. The number of ether oxygens (including phenoxy) is 4. The van der Waals surface area contributed by atoms with Crippen LogP contribution in [0, 0.1) is 5.92 Å². The molecule has 152 valence electrons. The highest BCUT2D eigenvalue weighted by atomic mass is 32.2. The van der Waals surface area contributed by atoms with Crippen LogP contribution in [0.5, 0.6) is 0 Å². The minimum atomic E-state index is -5.13. The number of hydrogen-bond donors (Lipinski definition) is 1. The second-order valence-electron chi connectivity index (χ2n) is 6.25. The van der Waals surface area contributed by atoms with Gasteiger partial charge < -0.3 is 18.9 Å². The third kappa shape index (κ3) is 6.65. The van der Waals surface area contributed by atoms with E-state index in [-0.39, 0.29) is 38.8 Å². The van der Waals surface area contributed by atoms with Crippen LogP contribution >= 0.6 is 0 Å². The molecule has 0 aromatic carbocycles. The van der Waals surface area contributed by atoms with E-state index in [0.29, 0.717) is 13.2 Å². The normalized spacial score (nSPS) is 22.7. The molecule has 8 nitrogen and oxygen atoms in total. The van der Waals surface area contributed by atoms with Crippen molar-refractivity contribution >= 4 is 16.1 Å². The molecule has 0 bridgehead atoms. The number of carbonyl (C=O) groups is 1. The molecule has 2 fully saturated rings. The number of carbonyl (C=O) groups excluding carboxylic acids is 1. The molecule has 2 aliphatic rings. The highest BCUT2D eigenvalue weighted by molar-refractivity contribution is 7.85. The Morgan fingerprint density at radius 2 is 1.77 bits per heavy atom. The minimum Gasteiger partial charge on any atom is -0.448 e. The highest BCUT2D eigenvalue weighted by Crippen LogP contribution is 2.51. The van der Waals surface area contributed by atoms with Crippen molar-refractivity contribution in [2.75, 3.05) is 38.8 Å². The second kappa shape index (κ2) is 8.38. The van der Waals surface area contributed by atoms with Gasteiger partial charge in [0.25, 0.3) is 10.1 Å². The van der Waals surface area contributed by atoms with E-state index >= 15 is 0 Å². The summed E-state index contributed by atoms with van der Waals surface area (Å²) in [6.07, 6.45) is -5.39. The molecule has 12 heteroatoms. The summed E-state index contributed by atoms with van der Waals surface area (Å²) in [4.78, 5) is 11.8. The van der Waals surface area contributed by atoms with E-state index in [9.17, 15) is 26.4 Å². The predicted octanol–water partition coefficient (Wildman–Crippen LogP) is 0.951. The van der Waals surface area contributed by atoms with Gasteiger partial charge in [-0.3, -0.25) is 9.35 Å². The van der Waals surface area contributed by atoms with Crippen LogP contribution in [-0.2, 0) is 33.9 Å². The van der Waals surface area contributed by atoms with Crippen molar-refractivity contribution in [3.63, 3.8) is 0 Å². The summed E-state index contributed by atoms with van der Waals surface area (Å²) in [5.74, 6) is -4.14. The third-order valence-corrected chi connectivity index (χ3v) is 4.73. The third-order valence-electron chi connectivity index (χ3n) is 3.94. The van der Waals surface area contributed by atoms with Crippen LogP contribution in [0.4, 0.5) is 13.2 Å². The summed E-state index contributed by atoms with van der Waals surface area (Å²) in [5.41, 5.74) is -3.23. The number of halogens is 3. The average molecular weight is 406 g/mol. The van der Waals surface area contributed by atoms with E-state index in [1.54, 1.807) is 0 Å². The first-order chi connectivity index (χ1) is 12.0. The lowest BCUT2D eigenvalue weighted by atomic mass is 9.99. The Morgan fingerprint density at radius 3 is 2.27 bits per heavy atom. The molecule has 1 aliphatic carbocycles. The Hall–Kier alpha value is -0.950. The fourth-order valence-electron chi connectivity index (χ4n) is 2.43. The van der Waals surface area contributed by atoms with Crippen molar-refractivity contribution in [1.29, 1.82) is 0 Å². The molecule has 0 spiro atoms. The van der Waals surface area contributed by atoms with Gasteiger partial charge >= 0.3 is 12.1 Å². The summed E-state index contributed by atoms with van der Waals surface area (Å²) < 4.78 is 91.0. The SMILES string of the molecule is O=C(CCOCCOCC1CO1)OC(CS(=O)(=O)O)(C1CC1)C(F)(F)F. The van der Waals surface area contributed by atoms with Crippen molar-refractivity contribution in [3.05, 3.63) is 0 Å². The van der Waals surface area contributed by atoms with Crippen LogP contribution in [0.15, 0.2) is 0 Å². The first-order valence-corrected chi connectivity index (χ1v) is 9.65. The Kier molecular flexibility index (Phi) is 6.88. The molecular weight excluding hydrogens is 385 g/mol. The van der Waals surface area contributed by atoms with Crippen LogP contribution < -0.4 is 0 Å². The summed E-state index contributed by atoms with van der Waals surface area (Å²) in [5, 5.41) is 0. The molecule has 2 rings (SSSR count). The summed E-state index contributed by atoms with van der Waals surface area (Å²) >= 11 is 0. The van der Waals surface area contributed by atoms with E-state index in [2.05, 4.69) is 4.74 Å². The molecule has 1 N–H and O–H groups in total. The van der Waals surface area contributed by atoms with Crippen LogP contribution in [0.1, 0.15) is 19.3 Å². The summed E-state index contributed by atoms with van der Waals surface area (Å²) in [6, 6.07) is 0. The van der Waals surface area contributed by atoms with E-state index in [1.807, 2.05) is 0 Å². The predicted molar refractivity (Wildman–Crippen MR) is 80.0 cm³/mol. The fourth-order valence-corrected chi connectivity index (χ4v) is 3.43. The summed E-state index contributed by atoms with van der Waals surface area (Å²) in [7, 11) is -5.01. The molecule has 1 aliphatic heterocycles. The molecule has 1 saturated heterocycles. The molecule has 1 saturated carbocycles. The van der Waals surface area contributed by atoms with Crippen molar-refractivity contribution in [2.24, 2.45) is 5.92 Å². The largest absolute Gasteiger partial charge is 0.448 e. The number of alkyl halides is 3. The van der Waals surface area contributed by atoms with Crippen molar-refractivity contribution < 1.29 is 49.9 Å². The van der Waals surface area contributed by atoms with Gasteiger partial charge in [0.05, 0.1) is 39.5 Å². The molecule has 2 atom stereocenters. The van der Waals surface area contributed by atoms with Crippen LogP contribution in [0.3, 0.4) is 0 Å². The van der Waals surface area contributed by atoms with E-state index in [1.165, 1.54) is 0 Å². The first kappa shape index (κ1) is 21.4. The molecular formula is C14H21F3O8S. The Labute approximate surface area is 148 Å².